The Bertz CT molecular complexity index is 519. The number of para-hydroxylation sites is 1. The molecule has 0 aliphatic rings. The van der Waals surface area contributed by atoms with Crippen molar-refractivity contribution in [2.75, 3.05) is 11.1 Å². The first-order chi connectivity index (χ1) is 7.68. The zero-order valence-corrected chi connectivity index (χ0v) is 9.67. The van der Waals surface area contributed by atoms with Crippen molar-refractivity contribution in [1.82, 2.24) is 0 Å². The van der Waals surface area contributed by atoms with Gasteiger partial charge >= 0.3 is 0 Å². The first-order valence-corrected chi connectivity index (χ1v) is 5.76. The van der Waals surface area contributed by atoms with Crippen molar-refractivity contribution in [3.8, 4) is 0 Å². The van der Waals surface area contributed by atoms with Gasteiger partial charge in [-0.15, -0.1) is 11.3 Å². The van der Waals surface area contributed by atoms with Crippen LogP contribution in [0.15, 0.2) is 35.7 Å². The Morgan fingerprint density at radius 2 is 2.06 bits per heavy atom. The van der Waals surface area contributed by atoms with Gasteiger partial charge in [0.05, 0.1) is 10.6 Å². The fourth-order valence-electron chi connectivity index (χ4n) is 1.38. The van der Waals surface area contributed by atoms with Gasteiger partial charge in [-0.25, -0.2) is 0 Å². The van der Waals surface area contributed by atoms with E-state index in [4.69, 9.17) is 5.73 Å². The molecule has 0 spiro atoms. The second-order valence-corrected chi connectivity index (χ2v) is 4.39. The third kappa shape index (κ3) is 2.06. The predicted octanol–water partition coefficient (Wildman–Crippen LogP) is 2.89. The van der Waals surface area contributed by atoms with Crippen LogP contribution in [0.2, 0.25) is 0 Å². The van der Waals surface area contributed by atoms with Crippen LogP contribution in [0.5, 0.6) is 0 Å². The van der Waals surface area contributed by atoms with E-state index in [1.165, 1.54) is 11.3 Å². The SMILES string of the molecule is Cc1ccsc1NC(=O)c1ccccc1N. The third-order valence-corrected chi connectivity index (χ3v) is 3.23. The second-order valence-electron chi connectivity index (χ2n) is 3.47. The summed E-state index contributed by atoms with van der Waals surface area (Å²) in [5, 5.41) is 5.66. The van der Waals surface area contributed by atoms with E-state index in [0.29, 0.717) is 11.3 Å². The zero-order valence-electron chi connectivity index (χ0n) is 8.86. The number of thiophene rings is 1. The van der Waals surface area contributed by atoms with E-state index in [9.17, 15) is 4.79 Å². The Morgan fingerprint density at radius 3 is 2.69 bits per heavy atom. The topological polar surface area (TPSA) is 55.1 Å². The fraction of sp³-hybridized carbons (Fsp3) is 0.0833. The number of carbonyl (C=O) groups excluding carboxylic acids is 1. The molecule has 0 saturated carbocycles. The van der Waals surface area contributed by atoms with Gasteiger partial charge in [0.2, 0.25) is 0 Å². The summed E-state index contributed by atoms with van der Waals surface area (Å²) in [6.07, 6.45) is 0. The molecule has 3 N–H and O–H groups in total. The van der Waals surface area contributed by atoms with Crippen molar-refractivity contribution >= 4 is 27.9 Å². The van der Waals surface area contributed by atoms with Crippen LogP contribution in [0.25, 0.3) is 0 Å². The van der Waals surface area contributed by atoms with Crippen molar-refractivity contribution in [3.05, 3.63) is 46.8 Å². The lowest BCUT2D eigenvalue weighted by molar-refractivity contribution is 0.102. The fourth-order valence-corrected chi connectivity index (χ4v) is 2.19. The summed E-state index contributed by atoms with van der Waals surface area (Å²) < 4.78 is 0. The maximum atomic E-state index is 11.9. The molecular weight excluding hydrogens is 220 g/mol. The van der Waals surface area contributed by atoms with E-state index in [2.05, 4.69) is 5.32 Å². The number of aryl methyl sites for hydroxylation is 1. The molecule has 16 heavy (non-hydrogen) atoms. The minimum atomic E-state index is -0.163. The third-order valence-electron chi connectivity index (χ3n) is 2.29. The number of hydrogen-bond donors (Lipinski definition) is 2. The lowest BCUT2D eigenvalue weighted by Crippen LogP contribution is -2.13. The summed E-state index contributed by atoms with van der Waals surface area (Å²) in [4.78, 5) is 11.9. The average Bonchev–Trinajstić information content (AvgIpc) is 2.65. The van der Waals surface area contributed by atoms with Crippen LogP contribution in [0, 0.1) is 6.92 Å². The van der Waals surface area contributed by atoms with E-state index >= 15 is 0 Å². The Balaban J connectivity index is 2.22. The monoisotopic (exact) mass is 232 g/mol. The van der Waals surface area contributed by atoms with Crippen molar-refractivity contribution in [2.24, 2.45) is 0 Å². The molecule has 0 bridgehead atoms. The van der Waals surface area contributed by atoms with Crippen molar-refractivity contribution in [3.63, 3.8) is 0 Å². The van der Waals surface area contributed by atoms with E-state index in [0.717, 1.165) is 10.6 Å². The highest BCUT2D eigenvalue weighted by atomic mass is 32.1. The first-order valence-electron chi connectivity index (χ1n) is 4.88. The van der Waals surface area contributed by atoms with Crippen LogP contribution in [-0.4, -0.2) is 5.91 Å². The van der Waals surface area contributed by atoms with Gasteiger partial charge in [-0.2, -0.15) is 0 Å². The molecule has 2 aromatic rings. The van der Waals surface area contributed by atoms with E-state index in [1.807, 2.05) is 24.4 Å². The van der Waals surface area contributed by atoms with Crippen LogP contribution in [0.1, 0.15) is 15.9 Å². The average molecular weight is 232 g/mol. The quantitative estimate of drug-likeness (QED) is 0.782. The highest BCUT2D eigenvalue weighted by molar-refractivity contribution is 7.14. The van der Waals surface area contributed by atoms with Gasteiger partial charge < -0.3 is 11.1 Å². The van der Waals surface area contributed by atoms with Crippen LogP contribution < -0.4 is 11.1 Å². The smallest absolute Gasteiger partial charge is 0.258 e. The summed E-state index contributed by atoms with van der Waals surface area (Å²) in [6.45, 7) is 1.96. The molecule has 82 valence electrons. The first kappa shape index (κ1) is 10.7. The van der Waals surface area contributed by atoms with Crippen LogP contribution in [0.3, 0.4) is 0 Å². The molecule has 1 amide bonds. The second kappa shape index (κ2) is 4.37. The summed E-state index contributed by atoms with van der Waals surface area (Å²) in [5.74, 6) is -0.163. The Kier molecular flexibility index (Phi) is 2.92. The van der Waals surface area contributed by atoms with Gasteiger partial charge in [0.15, 0.2) is 0 Å². The molecular formula is C12H12N2OS. The summed E-state index contributed by atoms with van der Waals surface area (Å²) >= 11 is 1.51. The number of rotatable bonds is 2. The molecule has 1 aromatic heterocycles. The summed E-state index contributed by atoms with van der Waals surface area (Å²) in [5.41, 5.74) is 7.80. The maximum Gasteiger partial charge on any atom is 0.258 e. The van der Waals surface area contributed by atoms with Crippen molar-refractivity contribution in [1.29, 1.82) is 0 Å². The summed E-state index contributed by atoms with van der Waals surface area (Å²) in [6, 6.07) is 9.01. The predicted molar refractivity (Wildman–Crippen MR) is 67.9 cm³/mol. The molecule has 0 atom stereocenters. The molecule has 0 aliphatic carbocycles. The van der Waals surface area contributed by atoms with Crippen molar-refractivity contribution in [2.45, 2.75) is 6.92 Å². The molecule has 1 aromatic carbocycles. The largest absolute Gasteiger partial charge is 0.398 e. The normalized spacial score (nSPS) is 10.1. The number of nitrogens with one attached hydrogen (secondary N) is 1. The number of nitrogens with two attached hydrogens (primary N) is 1. The van der Waals surface area contributed by atoms with Crippen LogP contribution >= 0.6 is 11.3 Å². The number of amides is 1. The molecule has 0 fully saturated rings. The van der Waals surface area contributed by atoms with Crippen molar-refractivity contribution < 1.29 is 4.79 Å². The number of nitrogen functional groups attached to an aromatic ring is 1. The molecule has 4 heteroatoms. The van der Waals surface area contributed by atoms with Gasteiger partial charge in [0.1, 0.15) is 0 Å². The molecule has 0 aliphatic heterocycles. The highest BCUT2D eigenvalue weighted by Gasteiger charge is 2.10. The minimum absolute atomic E-state index is 0.163. The number of hydrogen-bond acceptors (Lipinski definition) is 3. The van der Waals surface area contributed by atoms with Gasteiger partial charge in [-0.3, -0.25) is 4.79 Å². The lowest BCUT2D eigenvalue weighted by atomic mass is 10.1. The maximum absolute atomic E-state index is 11.9. The van der Waals surface area contributed by atoms with Gasteiger partial charge in [0.25, 0.3) is 5.91 Å². The van der Waals surface area contributed by atoms with Crippen LogP contribution in [0.4, 0.5) is 10.7 Å². The van der Waals surface area contributed by atoms with E-state index in [1.54, 1.807) is 18.2 Å². The number of benzene rings is 1. The highest BCUT2D eigenvalue weighted by Crippen LogP contribution is 2.23. The molecule has 0 radical (unpaired) electrons. The van der Waals surface area contributed by atoms with Gasteiger partial charge in [-0.05, 0) is 36.1 Å². The Hall–Kier alpha value is -1.81. The van der Waals surface area contributed by atoms with E-state index in [-0.39, 0.29) is 5.91 Å². The van der Waals surface area contributed by atoms with Gasteiger partial charge in [-0.1, -0.05) is 12.1 Å². The zero-order chi connectivity index (χ0) is 11.5. The molecule has 0 unspecified atom stereocenters. The van der Waals surface area contributed by atoms with E-state index < -0.39 is 0 Å². The van der Waals surface area contributed by atoms with Gasteiger partial charge in [0, 0.05) is 5.69 Å². The number of carbonyl (C=O) groups is 1. The lowest BCUT2D eigenvalue weighted by Gasteiger charge is -2.06. The Labute approximate surface area is 97.9 Å². The molecule has 0 saturated heterocycles. The minimum Gasteiger partial charge on any atom is -0.398 e. The Morgan fingerprint density at radius 1 is 1.31 bits per heavy atom. The van der Waals surface area contributed by atoms with Crippen LogP contribution in [-0.2, 0) is 0 Å². The summed E-state index contributed by atoms with van der Waals surface area (Å²) in [7, 11) is 0. The number of anilines is 2. The standard InChI is InChI=1S/C12H12N2OS/c1-8-6-7-16-12(8)14-11(15)9-4-2-3-5-10(9)13/h2-7H,13H2,1H3,(H,14,15). The molecule has 2 rings (SSSR count). The molecule has 3 nitrogen and oxygen atoms in total. The molecule has 1 heterocycles.